The van der Waals surface area contributed by atoms with E-state index in [1.54, 1.807) is 0 Å². The Morgan fingerprint density at radius 3 is 2.29 bits per heavy atom. The van der Waals surface area contributed by atoms with Crippen molar-refractivity contribution >= 4 is 0 Å². The topological polar surface area (TPSA) is 12.0 Å². The molecule has 3 heteroatoms. The van der Waals surface area contributed by atoms with Gasteiger partial charge >= 0.3 is 0 Å². The van der Waals surface area contributed by atoms with Crippen LogP contribution in [0.4, 0.5) is 8.78 Å². The first-order valence-electron chi connectivity index (χ1n) is 5.39. The maximum atomic E-state index is 13.2. The minimum atomic E-state index is -0.556. The lowest BCUT2D eigenvalue weighted by Gasteiger charge is -2.09. The Bertz CT molecular complexity index is 503. The maximum Gasteiger partial charge on any atom is 0.126 e. The first kappa shape index (κ1) is 11.7. The summed E-state index contributed by atoms with van der Waals surface area (Å²) in [5.74, 6) is -1.11. The molecule has 0 heterocycles. The van der Waals surface area contributed by atoms with E-state index in [-0.39, 0.29) is 0 Å². The van der Waals surface area contributed by atoms with Gasteiger partial charge in [0.1, 0.15) is 11.6 Å². The fourth-order valence-corrected chi connectivity index (χ4v) is 1.86. The molecule has 2 rings (SSSR count). The quantitative estimate of drug-likeness (QED) is 0.857. The lowest BCUT2D eigenvalue weighted by molar-refractivity contribution is 0.584. The van der Waals surface area contributed by atoms with E-state index in [2.05, 4.69) is 5.32 Å². The SMILES string of the molecule is CNCc1ccccc1-c1cc(F)cc(F)c1. The van der Waals surface area contributed by atoms with Crippen LogP contribution < -0.4 is 5.32 Å². The predicted molar refractivity (Wildman–Crippen MR) is 64.6 cm³/mol. The number of benzene rings is 2. The molecular weight excluding hydrogens is 220 g/mol. The molecule has 0 aromatic heterocycles. The van der Waals surface area contributed by atoms with Gasteiger partial charge < -0.3 is 5.32 Å². The number of hydrogen-bond acceptors (Lipinski definition) is 1. The van der Waals surface area contributed by atoms with Crippen molar-refractivity contribution in [3.63, 3.8) is 0 Å². The minimum absolute atomic E-state index is 0.556. The van der Waals surface area contributed by atoms with Crippen molar-refractivity contribution in [2.75, 3.05) is 7.05 Å². The number of halogens is 2. The molecule has 0 unspecified atom stereocenters. The highest BCUT2D eigenvalue weighted by molar-refractivity contribution is 5.67. The monoisotopic (exact) mass is 233 g/mol. The van der Waals surface area contributed by atoms with Crippen LogP contribution in [0.1, 0.15) is 5.56 Å². The number of rotatable bonds is 3. The number of hydrogen-bond donors (Lipinski definition) is 1. The van der Waals surface area contributed by atoms with E-state index >= 15 is 0 Å². The summed E-state index contributed by atoms with van der Waals surface area (Å²) in [7, 11) is 1.84. The first-order valence-corrected chi connectivity index (χ1v) is 5.39. The zero-order valence-electron chi connectivity index (χ0n) is 9.50. The second kappa shape index (κ2) is 5.06. The van der Waals surface area contributed by atoms with E-state index in [9.17, 15) is 8.78 Å². The van der Waals surface area contributed by atoms with Crippen LogP contribution in [0.3, 0.4) is 0 Å². The molecule has 0 bridgehead atoms. The fraction of sp³-hybridized carbons (Fsp3) is 0.143. The van der Waals surface area contributed by atoms with Gasteiger partial charge in [-0.1, -0.05) is 24.3 Å². The van der Waals surface area contributed by atoms with Gasteiger partial charge in [-0.15, -0.1) is 0 Å². The highest BCUT2D eigenvalue weighted by Gasteiger charge is 2.06. The molecule has 17 heavy (non-hydrogen) atoms. The van der Waals surface area contributed by atoms with E-state index in [1.165, 1.54) is 12.1 Å². The Balaban J connectivity index is 2.51. The smallest absolute Gasteiger partial charge is 0.126 e. The van der Waals surface area contributed by atoms with E-state index in [0.29, 0.717) is 12.1 Å². The Labute approximate surface area is 99.1 Å². The normalized spacial score (nSPS) is 10.5. The van der Waals surface area contributed by atoms with Crippen LogP contribution in [0.5, 0.6) is 0 Å². The third-order valence-electron chi connectivity index (χ3n) is 2.56. The maximum absolute atomic E-state index is 13.2. The highest BCUT2D eigenvalue weighted by Crippen LogP contribution is 2.25. The van der Waals surface area contributed by atoms with Crippen molar-refractivity contribution in [3.05, 3.63) is 59.7 Å². The summed E-state index contributed by atoms with van der Waals surface area (Å²) in [6.45, 7) is 0.661. The molecule has 0 saturated heterocycles. The van der Waals surface area contributed by atoms with Crippen molar-refractivity contribution in [2.45, 2.75) is 6.54 Å². The van der Waals surface area contributed by atoms with Crippen LogP contribution in [0.25, 0.3) is 11.1 Å². The molecule has 0 amide bonds. The Hall–Kier alpha value is -1.74. The van der Waals surface area contributed by atoms with Crippen LogP contribution in [-0.4, -0.2) is 7.05 Å². The summed E-state index contributed by atoms with van der Waals surface area (Å²) in [6.07, 6.45) is 0. The van der Waals surface area contributed by atoms with E-state index in [4.69, 9.17) is 0 Å². The molecule has 2 aromatic rings. The van der Waals surface area contributed by atoms with Crippen molar-refractivity contribution in [1.82, 2.24) is 5.32 Å². The van der Waals surface area contributed by atoms with Gasteiger partial charge in [-0.3, -0.25) is 0 Å². The van der Waals surface area contributed by atoms with Gasteiger partial charge in [-0.05, 0) is 35.9 Å². The molecule has 0 fully saturated rings. The van der Waals surface area contributed by atoms with E-state index in [0.717, 1.165) is 17.2 Å². The second-order valence-corrected chi connectivity index (χ2v) is 3.85. The average Bonchev–Trinajstić information content (AvgIpc) is 2.29. The van der Waals surface area contributed by atoms with Crippen LogP contribution in [0.2, 0.25) is 0 Å². The molecule has 2 aromatic carbocycles. The van der Waals surface area contributed by atoms with Gasteiger partial charge in [-0.25, -0.2) is 8.78 Å². The minimum Gasteiger partial charge on any atom is -0.316 e. The molecular formula is C14H13F2N. The van der Waals surface area contributed by atoms with Gasteiger partial charge in [0.15, 0.2) is 0 Å². The molecule has 88 valence electrons. The van der Waals surface area contributed by atoms with Crippen LogP contribution in [0.15, 0.2) is 42.5 Å². The first-order chi connectivity index (χ1) is 8.20. The molecule has 1 nitrogen and oxygen atoms in total. The third-order valence-corrected chi connectivity index (χ3v) is 2.56. The molecule has 1 N–H and O–H groups in total. The summed E-state index contributed by atoms with van der Waals surface area (Å²) >= 11 is 0. The molecule has 0 saturated carbocycles. The van der Waals surface area contributed by atoms with Crippen molar-refractivity contribution in [1.29, 1.82) is 0 Å². The van der Waals surface area contributed by atoms with Crippen molar-refractivity contribution < 1.29 is 8.78 Å². The average molecular weight is 233 g/mol. The fourth-order valence-electron chi connectivity index (χ4n) is 1.86. The summed E-state index contributed by atoms with van der Waals surface area (Å²) in [5, 5.41) is 3.04. The largest absolute Gasteiger partial charge is 0.316 e. The van der Waals surface area contributed by atoms with Gasteiger partial charge in [0.05, 0.1) is 0 Å². The Kier molecular flexibility index (Phi) is 3.49. The lowest BCUT2D eigenvalue weighted by atomic mass is 9.99. The van der Waals surface area contributed by atoms with Gasteiger partial charge in [0.2, 0.25) is 0 Å². The zero-order chi connectivity index (χ0) is 12.3. The Morgan fingerprint density at radius 2 is 1.65 bits per heavy atom. The standard InChI is InChI=1S/C14H13F2N/c1-17-9-10-4-2-3-5-14(10)11-6-12(15)8-13(16)7-11/h2-8,17H,9H2,1H3. The summed E-state index contributed by atoms with van der Waals surface area (Å²) < 4.78 is 26.4. The summed E-state index contributed by atoms with van der Waals surface area (Å²) in [6, 6.07) is 11.1. The third kappa shape index (κ3) is 2.68. The second-order valence-electron chi connectivity index (χ2n) is 3.85. The molecule has 0 aliphatic rings. The highest BCUT2D eigenvalue weighted by atomic mass is 19.1. The summed E-state index contributed by atoms with van der Waals surface area (Å²) in [4.78, 5) is 0. The van der Waals surface area contributed by atoms with Gasteiger partial charge in [0.25, 0.3) is 0 Å². The summed E-state index contributed by atoms with van der Waals surface area (Å²) in [5.41, 5.74) is 2.42. The van der Waals surface area contributed by atoms with Crippen LogP contribution in [0, 0.1) is 11.6 Å². The molecule has 0 spiro atoms. The zero-order valence-corrected chi connectivity index (χ0v) is 9.50. The van der Waals surface area contributed by atoms with Crippen molar-refractivity contribution in [3.8, 4) is 11.1 Å². The Morgan fingerprint density at radius 1 is 1.00 bits per heavy atom. The predicted octanol–water partition coefficient (Wildman–Crippen LogP) is 3.35. The van der Waals surface area contributed by atoms with Crippen LogP contribution >= 0.6 is 0 Å². The molecule has 0 aliphatic carbocycles. The van der Waals surface area contributed by atoms with Gasteiger partial charge in [0, 0.05) is 12.6 Å². The lowest BCUT2D eigenvalue weighted by Crippen LogP contribution is -2.06. The van der Waals surface area contributed by atoms with E-state index in [1.807, 2.05) is 31.3 Å². The number of nitrogens with one attached hydrogen (secondary N) is 1. The van der Waals surface area contributed by atoms with E-state index < -0.39 is 11.6 Å². The molecule has 0 radical (unpaired) electrons. The van der Waals surface area contributed by atoms with Crippen molar-refractivity contribution in [2.24, 2.45) is 0 Å². The van der Waals surface area contributed by atoms with Crippen LogP contribution in [-0.2, 0) is 6.54 Å². The van der Waals surface area contributed by atoms with Gasteiger partial charge in [-0.2, -0.15) is 0 Å². The molecule has 0 atom stereocenters. The molecule has 0 aliphatic heterocycles.